The molecule has 5 heteroatoms. The number of carbonyl (C=O) groups is 1. The van der Waals surface area contributed by atoms with Crippen LogP contribution in [0.25, 0.3) is 0 Å². The van der Waals surface area contributed by atoms with Crippen LogP contribution in [0, 0.1) is 17.8 Å². The second kappa shape index (κ2) is 7.20. The average Bonchev–Trinajstić information content (AvgIpc) is 3.14. The second-order valence-electron chi connectivity index (χ2n) is 9.12. The van der Waals surface area contributed by atoms with Gasteiger partial charge in [0.2, 0.25) is 0 Å². The van der Waals surface area contributed by atoms with Gasteiger partial charge in [0.15, 0.2) is 0 Å². The van der Waals surface area contributed by atoms with E-state index in [1.165, 1.54) is 38.5 Å². The van der Waals surface area contributed by atoms with Gasteiger partial charge in [0.05, 0.1) is 6.54 Å². The first-order valence-corrected chi connectivity index (χ1v) is 11.3. The molecule has 2 aromatic rings. The van der Waals surface area contributed by atoms with E-state index in [4.69, 9.17) is 0 Å². The summed E-state index contributed by atoms with van der Waals surface area (Å²) in [4.78, 5) is 14.6. The molecule has 6 rings (SSSR count). The summed E-state index contributed by atoms with van der Waals surface area (Å²) in [7, 11) is 0. The fourth-order valence-corrected chi connectivity index (χ4v) is 7.12. The Balaban J connectivity index is 1.17. The maximum absolute atomic E-state index is 12.6. The molecule has 3 N–H and O–H groups in total. The van der Waals surface area contributed by atoms with Crippen LogP contribution in [0.2, 0.25) is 0 Å². The van der Waals surface area contributed by atoms with Crippen LogP contribution in [-0.4, -0.2) is 16.7 Å². The molecule has 0 radical (unpaired) electrons. The van der Waals surface area contributed by atoms with Crippen molar-refractivity contribution in [1.29, 1.82) is 0 Å². The van der Waals surface area contributed by atoms with Crippen LogP contribution in [0.15, 0.2) is 42.5 Å². The first-order valence-electron chi connectivity index (χ1n) is 10.5. The highest BCUT2D eigenvalue weighted by molar-refractivity contribution is 7.12. The monoisotopic (exact) mass is 396 g/mol. The summed E-state index contributed by atoms with van der Waals surface area (Å²) >= 11 is 1.56. The van der Waals surface area contributed by atoms with Crippen LogP contribution in [0.5, 0.6) is 0 Å². The Morgan fingerprint density at radius 1 is 1.04 bits per heavy atom. The lowest BCUT2D eigenvalue weighted by atomic mass is 9.53. The number of hydrogen-bond acceptors (Lipinski definition) is 3. The van der Waals surface area contributed by atoms with Crippen LogP contribution in [-0.2, 0) is 6.54 Å². The van der Waals surface area contributed by atoms with Gasteiger partial charge in [-0.2, -0.15) is 0 Å². The van der Waals surface area contributed by atoms with E-state index in [9.17, 15) is 9.90 Å². The lowest BCUT2D eigenvalue weighted by Gasteiger charge is -2.56. The van der Waals surface area contributed by atoms with Crippen molar-refractivity contribution in [3.8, 4) is 0 Å². The number of hydrogen-bond donors (Lipinski definition) is 3. The Labute approximate surface area is 170 Å². The molecule has 148 valence electrons. The fourth-order valence-electron chi connectivity index (χ4n) is 6.15. The highest BCUT2D eigenvalue weighted by atomic mass is 32.1. The highest BCUT2D eigenvalue weighted by Crippen LogP contribution is 2.55. The number of benzene rings is 1. The summed E-state index contributed by atoms with van der Waals surface area (Å²) in [5, 5.41) is 16.9. The van der Waals surface area contributed by atoms with Gasteiger partial charge in [-0.25, -0.2) is 4.79 Å². The number of amides is 2. The molecular weight excluding hydrogens is 368 g/mol. The second-order valence-corrected chi connectivity index (χ2v) is 10.3. The van der Waals surface area contributed by atoms with Crippen LogP contribution < -0.4 is 10.6 Å². The molecule has 1 aromatic carbocycles. The summed E-state index contributed by atoms with van der Waals surface area (Å²) in [6.45, 7) is 0.504. The summed E-state index contributed by atoms with van der Waals surface area (Å²) < 4.78 is 0. The van der Waals surface area contributed by atoms with Crippen LogP contribution >= 0.6 is 11.3 Å². The Kier molecular flexibility index (Phi) is 4.68. The fraction of sp³-hybridized carbons (Fsp3) is 0.522. The Morgan fingerprint density at radius 3 is 2.32 bits per heavy atom. The molecule has 2 amide bonds. The number of thiophene rings is 1. The zero-order valence-electron chi connectivity index (χ0n) is 16.1. The van der Waals surface area contributed by atoms with Gasteiger partial charge in [0.25, 0.3) is 0 Å². The van der Waals surface area contributed by atoms with Gasteiger partial charge in [-0.15, -0.1) is 11.3 Å². The van der Waals surface area contributed by atoms with Crippen LogP contribution in [0.3, 0.4) is 0 Å². The Hall–Kier alpha value is -1.85. The molecule has 4 saturated carbocycles. The molecule has 1 unspecified atom stereocenters. The Morgan fingerprint density at radius 2 is 1.68 bits per heavy atom. The molecule has 1 heterocycles. The molecule has 1 aromatic heterocycles. The van der Waals surface area contributed by atoms with E-state index >= 15 is 0 Å². The lowest BCUT2D eigenvalue weighted by molar-refractivity contribution is -0.0135. The molecule has 4 fully saturated rings. The van der Waals surface area contributed by atoms with Gasteiger partial charge >= 0.3 is 6.03 Å². The smallest absolute Gasteiger partial charge is 0.315 e. The van der Waals surface area contributed by atoms with E-state index in [0.29, 0.717) is 6.54 Å². The van der Waals surface area contributed by atoms with Crippen molar-refractivity contribution in [2.75, 3.05) is 0 Å². The van der Waals surface area contributed by atoms with Gasteiger partial charge in [-0.3, -0.25) is 0 Å². The predicted octanol–water partition coefficient (Wildman–Crippen LogP) is 4.60. The van der Waals surface area contributed by atoms with Crippen molar-refractivity contribution in [3.63, 3.8) is 0 Å². The van der Waals surface area contributed by atoms with Gasteiger partial charge in [0.1, 0.15) is 6.10 Å². The van der Waals surface area contributed by atoms with E-state index in [1.807, 2.05) is 42.5 Å². The number of carbonyl (C=O) groups excluding carboxylic acids is 1. The lowest BCUT2D eigenvalue weighted by Crippen LogP contribution is -2.61. The number of aliphatic hydroxyl groups excluding tert-OH is 1. The SMILES string of the molecule is O=C(NCc1ccc(C(O)c2ccccc2)s1)NC12CC3CC(CC(C3)C1)C2. The molecule has 1 atom stereocenters. The average molecular weight is 397 g/mol. The predicted molar refractivity (Wildman–Crippen MR) is 111 cm³/mol. The van der Waals surface area contributed by atoms with Crippen molar-refractivity contribution >= 4 is 17.4 Å². The third kappa shape index (κ3) is 3.58. The van der Waals surface area contributed by atoms with Crippen molar-refractivity contribution in [2.24, 2.45) is 17.8 Å². The zero-order valence-corrected chi connectivity index (χ0v) is 16.9. The number of aliphatic hydroxyl groups is 1. The molecular formula is C23H28N2O2S. The van der Waals surface area contributed by atoms with Crippen LogP contribution in [0.1, 0.15) is 59.9 Å². The van der Waals surface area contributed by atoms with Crippen molar-refractivity contribution < 1.29 is 9.90 Å². The maximum atomic E-state index is 12.6. The van der Waals surface area contributed by atoms with Crippen molar-refractivity contribution in [1.82, 2.24) is 10.6 Å². The molecule has 0 spiro atoms. The molecule has 0 saturated heterocycles. The normalized spacial score (nSPS) is 31.5. The van der Waals surface area contributed by atoms with Crippen molar-refractivity contribution in [3.05, 3.63) is 57.8 Å². The summed E-state index contributed by atoms with van der Waals surface area (Å²) in [6.07, 6.45) is 7.02. The highest BCUT2D eigenvalue weighted by Gasteiger charge is 2.51. The molecule has 4 aliphatic carbocycles. The van der Waals surface area contributed by atoms with Gasteiger partial charge in [-0.1, -0.05) is 30.3 Å². The largest absolute Gasteiger partial charge is 0.383 e. The van der Waals surface area contributed by atoms with Crippen molar-refractivity contribution in [2.45, 2.75) is 56.7 Å². The molecule has 0 aliphatic heterocycles. The number of rotatable bonds is 5. The quantitative estimate of drug-likeness (QED) is 0.692. The van der Waals surface area contributed by atoms with Gasteiger partial charge in [0, 0.05) is 15.3 Å². The Bertz CT molecular complexity index is 812. The van der Waals surface area contributed by atoms with Crippen LogP contribution in [0.4, 0.5) is 4.79 Å². The summed E-state index contributed by atoms with van der Waals surface area (Å²) in [6, 6.07) is 13.6. The molecule has 4 bridgehead atoms. The van der Waals surface area contributed by atoms with E-state index in [0.717, 1.165) is 33.1 Å². The standard InChI is InChI=1S/C23H28N2O2S/c26-21(18-4-2-1-3-5-18)20-7-6-19(28-20)14-24-22(27)25-23-11-15-8-16(12-23)10-17(9-15)13-23/h1-7,15-17,21,26H,8-14H2,(H2,24,25,27). The third-order valence-corrected chi connectivity index (χ3v) is 8.05. The topological polar surface area (TPSA) is 61.4 Å². The first-order chi connectivity index (χ1) is 13.6. The maximum Gasteiger partial charge on any atom is 0.315 e. The van der Waals surface area contributed by atoms with E-state index in [-0.39, 0.29) is 11.6 Å². The summed E-state index contributed by atoms with van der Waals surface area (Å²) in [5.41, 5.74) is 0.937. The first kappa shape index (κ1) is 18.2. The minimum atomic E-state index is -0.610. The minimum absolute atomic E-state index is 0.0412. The molecule has 4 aliphatic rings. The zero-order chi connectivity index (χ0) is 19.1. The van der Waals surface area contributed by atoms with Gasteiger partial charge < -0.3 is 15.7 Å². The van der Waals surface area contributed by atoms with E-state index in [2.05, 4.69) is 10.6 Å². The number of urea groups is 1. The summed E-state index contributed by atoms with van der Waals surface area (Å²) in [5.74, 6) is 2.47. The molecule has 4 nitrogen and oxygen atoms in total. The van der Waals surface area contributed by atoms with Gasteiger partial charge in [-0.05, 0) is 74.0 Å². The minimum Gasteiger partial charge on any atom is -0.383 e. The third-order valence-electron chi connectivity index (χ3n) is 6.91. The molecule has 28 heavy (non-hydrogen) atoms. The van der Waals surface area contributed by atoms with E-state index in [1.54, 1.807) is 11.3 Å². The number of nitrogens with one attached hydrogen (secondary N) is 2. The van der Waals surface area contributed by atoms with E-state index < -0.39 is 6.10 Å².